The molecule has 3 N–H and O–H groups in total. The van der Waals surface area contributed by atoms with Gasteiger partial charge in [0.2, 0.25) is 0 Å². The number of anilines is 1. The van der Waals surface area contributed by atoms with Crippen molar-refractivity contribution >= 4 is 17.6 Å². The summed E-state index contributed by atoms with van der Waals surface area (Å²) in [5.41, 5.74) is 1.68. The van der Waals surface area contributed by atoms with Crippen molar-refractivity contribution < 1.29 is 24.5 Å². The Morgan fingerprint density at radius 3 is 2.40 bits per heavy atom. The Hall–Kier alpha value is -3.02. The maximum absolute atomic E-state index is 11.9. The number of hydrogen-bond donors (Lipinski definition) is 3. The maximum Gasteiger partial charge on any atom is 0.342 e. The van der Waals surface area contributed by atoms with Gasteiger partial charge < -0.3 is 20.3 Å². The quantitative estimate of drug-likeness (QED) is 0.699. The highest BCUT2D eigenvalue weighted by Gasteiger charge is 2.15. The van der Waals surface area contributed by atoms with Crippen molar-refractivity contribution in [3.63, 3.8) is 0 Å². The zero-order valence-electron chi connectivity index (χ0n) is 14.2. The average Bonchev–Trinajstić information content (AvgIpc) is 2.59. The lowest BCUT2D eigenvalue weighted by Gasteiger charge is -2.11. The SMILES string of the molecule is CC[C@@H](C)c1ccc(NC(=O)COC(=O)c2ccc(O)cc2O)cc1. The smallest absolute Gasteiger partial charge is 0.342 e. The molecule has 0 aromatic heterocycles. The number of amides is 1. The molecular weight excluding hydrogens is 322 g/mol. The topological polar surface area (TPSA) is 95.9 Å². The number of phenolic OH excluding ortho intramolecular Hbond substituents is 2. The van der Waals surface area contributed by atoms with Crippen LogP contribution in [0.1, 0.15) is 42.1 Å². The van der Waals surface area contributed by atoms with E-state index in [0.717, 1.165) is 12.5 Å². The van der Waals surface area contributed by atoms with Crippen LogP contribution in [0.15, 0.2) is 42.5 Å². The molecule has 6 nitrogen and oxygen atoms in total. The predicted octanol–water partition coefficient (Wildman–Crippen LogP) is 3.41. The molecule has 0 radical (unpaired) electrons. The Kier molecular flexibility index (Phi) is 6.00. The van der Waals surface area contributed by atoms with Crippen molar-refractivity contribution in [2.24, 2.45) is 0 Å². The zero-order chi connectivity index (χ0) is 18.4. The molecule has 0 unspecified atom stereocenters. The Balaban J connectivity index is 1.89. The van der Waals surface area contributed by atoms with Crippen LogP contribution >= 0.6 is 0 Å². The first-order valence-electron chi connectivity index (χ1n) is 7.99. The van der Waals surface area contributed by atoms with Gasteiger partial charge in [0, 0.05) is 11.8 Å². The van der Waals surface area contributed by atoms with Crippen LogP contribution in [0.25, 0.3) is 0 Å². The van der Waals surface area contributed by atoms with Gasteiger partial charge in [0.05, 0.1) is 0 Å². The van der Waals surface area contributed by atoms with E-state index in [1.165, 1.54) is 17.7 Å². The normalized spacial score (nSPS) is 11.6. The van der Waals surface area contributed by atoms with Crippen LogP contribution in [0.3, 0.4) is 0 Å². The van der Waals surface area contributed by atoms with E-state index in [9.17, 15) is 19.8 Å². The fraction of sp³-hybridized carbons (Fsp3) is 0.263. The number of esters is 1. The van der Waals surface area contributed by atoms with E-state index in [0.29, 0.717) is 11.6 Å². The number of nitrogens with one attached hydrogen (secondary N) is 1. The molecule has 0 saturated carbocycles. The highest BCUT2D eigenvalue weighted by Crippen LogP contribution is 2.23. The van der Waals surface area contributed by atoms with E-state index in [1.807, 2.05) is 12.1 Å². The molecule has 132 valence electrons. The summed E-state index contributed by atoms with van der Waals surface area (Å²) >= 11 is 0. The Morgan fingerprint density at radius 1 is 1.12 bits per heavy atom. The van der Waals surface area contributed by atoms with E-state index in [-0.39, 0.29) is 11.3 Å². The van der Waals surface area contributed by atoms with Gasteiger partial charge in [-0.1, -0.05) is 26.0 Å². The third-order valence-corrected chi connectivity index (χ3v) is 3.91. The molecule has 0 heterocycles. The lowest BCUT2D eigenvalue weighted by atomic mass is 9.99. The monoisotopic (exact) mass is 343 g/mol. The number of phenols is 2. The minimum atomic E-state index is -0.847. The fourth-order valence-corrected chi connectivity index (χ4v) is 2.23. The number of carbonyl (C=O) groups excluding carboxylic acids is 2. The molecular formula is C19H21NO5. The van der Waals surface area contributed by atoms with Gasteiger partial charge in [-0.25, -0.2) is 4.79 Å². The Labute approximate surface area is 146 Å². The number of carbonyl (C=O) groups is 2. The summed E-state index contributed by atoms with van der Waals surface area (Å²) in [5, 5.41) is 21.4. The third kappa shape index (κ3) is 4.97. The van der Waals surface area contributed by atoms with Crippen molar-refractivity contribution in [1.82, 2.24) is 0 Å². The second-order valence-electron chi connectivity index (χ2n) is 5.76. The molecule has 1 atom stereocenters. The first-order valence-corrected chi connectivity index (χ1v) is 7.99. The molecule has 25 heavy (non-hydrogen) atoms. The van der Waals surface area contributed by atoms with Crippen LogP contribution in [0, 0.1) is 0 Å². The van der Waals surface area contributed by atoms with Crippen molar-refractivity contribution in [1.29, 1.82) is 0 Å². The second kappa shape index (κ2) is 8.19. The largest absolute Gasteiger partial charge is 0.508 e. The van der Waals surface area contributed by atoms with Gasteiger partial charge >= 0.3 is 5.97 Å². The van der Waals surface area contributed by atoms with Gasteiger partial charge in [-0.2, -0.15) is 0 Å². The fourth-order valence-electron chi connectivity index (χ4n) is 2.23. The molecule has 0 bridgehead atoms. The Bertz CT molecular complexity index is 755. The van der Waals surface area contributed by atoms with Crippen molar-refractivity contribution in [2.45, 2.75) is 26.2 Å². The molecule has 2 rings (SSSR count). The van der Waals surface area contributed by atoms with E-state index in [2.05, 4.69) is 19.2 Å². The average molecular weight is 343 g/mol. The first kappa shape index (κ1) is 18.3. The minimum absolute atomic E-state index is 0.122. The van der Waals surface area contributed by atoms with E-state index in [1.54, 1.807) is 12.1 Å². The lowest BCUT2D eigenvalue weighted by molar-refractivity contribution is -0.119. The third-order valence-electron chi connectivity index (χ3n) is 3.91. The molecule has 0 aliphatic heterocycles. The number of hydrogen-bond acceptors (Lipinski definition) is 5. The van der Waals surface area contributed by atoms with Crippen LogP contribution in [-0.2, 0) is 9.53 Å². The van der Waals surface area contributed by atoms with Gasteiger partial charge in [-0.3, -0.25) is 4.79 Å². The van der Waals surface area contributed by atoms with Gasteiger partial charge in [0.1, 0.15) is 17.1 Å². The van der Waals surface area contributed by atoms with E-state index >= 15 is 0 Å². The molecule has 2 aromatic rings. The van der Waals surface area contributed by atoms with Crippen LogP contribution in [0.5, 0.6) is 11.5 Å². The molecule has 0 aliphatic carbocycles. The summed E-state index contributed by atoms with van der Waals surface area (Å²) in [6.45, 7) is 3.76. The summed E-state index contributed by atoms with van der Waals surface area (Å²) in [6.07, 6.45) is 1.03. The summed E-state index contributed by atoms with van der Waals surface area (Å²) in [6, 6.07) is 11.0. The lowest BCUT2D eigenvalue weighted by Crippen LogP contribution is -2.21. The van der Waals surface area contributed by atoms with Crippen molar-refractivity contribution in [3.05, 3.63) is 53.6 Å². The number of aromatic hydroxyl groups is 2. The van der Waals surface area contributed by atoms with Crippen LogP contribution in [0.2, 0.25) is 0 Å². The number of ether oxygens (including phenoxy) is 1. The predicted molar refractivity (Wildman–Crippen MR) is 93.8 cm³/mol. The molecule has 0 spiro atoms. The number of rotatable bonds is 6. The van der Waals surface area contributed by atoms with Crippen LogP contribution in [-0.4, -0.2) is 28.7 Å². The molecule has 0 aliphatic rings. The van der Waals surface area contributed by atoms with Gasteiger partial charge in [-0.05, 0) is 42.2 Å². The summed E-state index contributed by atoms with van der Waals surface area (Å²) in [7, 11) is 0. The van der Waals surface area contributed by atoms with Crippen LogP contribution < -0.4 is 5.32 Å². The van der Waals surface area contributed by atoms with Gasteiger partial charge in [-0.15, -0.1) is 0 Å². The van der Waals surface area contributed by atoms with Gasteiger partial charge in [0.15, 0.2) is 6.61 Å². The summed E-state index contributed by atoms with van der Waals surface area (Å²) < 4.78 is 4.87. The highest BCUT2D eigenvalue weighted by molar-refractivity contribution is 5.96. The van der Waals surface area contributed by atoms with E-state index in [4.69, 9.17) is 4.74 Å². The molecule has 6 heteroatoms. The van der Waals surface area contributed by atoms with Crippen molar-refractivity contribution in [3.8, 4) is 11.5 Å². The highest BCUT2D eigenvalue weighted by atomic mass is 16.5. The maximum atomic E-state index is 11.9. The standard InChI is InChI=1S/C19H21NO5/c1-3-12(2)13-4-6-14(7-5-13)20-18(23)11-25-19(24)16-9-8-15(21)10-17(16)22/h4-10,12,21-22H,3,11H2,1-2H3,(H,20,23)/t12-/m1/s1. The van der Waals surface area contributed by atoms with Gasteiger partial charge in [0.25, 0.3) is 5.91 Å². The number of benzene rings is 2. The van der Waals surface area contributed by atoms with E-state index < -0.39 is 24.2 Å². The summed E-state index contributed by atoms with van der Waals surface area (Å²) in [4.78, 5) is 23.7. The van der Waals surface area contributed by atoms with Crippen LogP contribution in [0.4, 0.5) is 5.69 Å². The first-order chi connectivity index (χ1) is 11.9. The zero-order valence-corrected chi connectivity index (χ0v) is 14.2. The molecule has 0 fully saturated rings. The second-order valence-corrected chi connectivity index (χ2v) is 5.76. The molecule has 0 saturated heterocycles. The molecule has 1 amide bonds. The molecule has 2 aromatic carbocycles. The summed E-state index contributed by atoms with van der Waals surface area (Å²) in [5.74, 6) is -1.47. The Morgan fingerprint density at radius 2 is 1.80 bits per heavy atom. The van der Waals surface area contributed by atoms with Crippen molar-refractivity contribution in [2.75, 3.05) is 11.9 Å². The minimum Gasteiger partial charge on any atom is -0.508 e.